The second kappa shape index (κ2) is 7.36. The maximum atomic E-state index is 12.2. The summed E-state index contributed by atoms with van der Waals surface area (Å²) in [5.41, 5.74) is 4.31. The Morgan fingerprint density at radius 3 is 2.52 bits per heavy atom. The van der Waals surface area contributed by atoms with Gasteiger partial charge in [-0.3, -0.25) is 19.8 Å². The molecule has 7 heteroatoms. The zero-order chi connectivity index (χ0) is 17.8. The van der Waals surface area contributed by atoms with Gasteiger partial charge in [0.05, 0.1) is 5.69 Å². The van der Waals surface area contributed by atoms with E-state index in [-0.39, 0.29) is 30.6 Å². The first kappa shape index (κ1) is 17.0. The summed E-state index contributed by atoms with van der Waals surface area (Å²) in [5, 5.41) is 4.60. The quantitative estimate of drug-likeness (QED) is 0.882. The first-order chi connectivity index (χ1) is 12.0. The lowest BCUT2D eigenvalue weighted by molar-refractivity contribution is -0.130. The Labute approximate surface area is 149 Å². The minimum absolute atomic E-state index is 0.173. The van der Waals surface area contributed by atoms with E-state index in [9.17, 15) is 14.4 Å². The van der Waals surface area contributed by atoms with Gasteiger partial charge in [-0.15, -0.1) is 0 Å². The van der Waals surface area contributed by atoms with Crippen LogP contribution in [0.15, 0.2) is 48.5 Å². The summed E-state index contributed by atoms with van der Waals surface area (Å²) in [6.45, 7) is 0.320. The molecule has 2 aromatic rings. The number of carbonyl (C=O) groups is 3. The molecule has 0 radical (unpaired) electrons. The van der Waals surface area contributed by atoms with Gasteiger partial charge in [-0.1, -0.05) is 29.8 Å². The number of hydrogen-bond donors (Lipinski definition) is 2. The number of nitrogens with zero attached hydrogens (tertiary/aromatic N) is 1. The SMILES string of the molecule is O=C1CCC(=O)N(c2ccc(C(=O)NCc3ccccc3Cl)cc2)N1. The molecule has 0 unspecified atom stereocenters. The zero-order valence-corrected chi connectivity index (χ0v) is 14.0. The third-order valence-electron chi connectivity index (χ3n) is 3.84. The molecule has 3 rings (SSSR count). The van der Waals surface area contributed by atoms with Crippen LogP contribution >= 0.6 is 11.6 Å². The van der Waals surface area contributed by atoms with E-state index in [1.807, 2.05) is 18.2 Å². The van der Waals surface area contributed by atoms with E-state index in [0.717, 1.165) is 5.56 Å². The third kappa shape index (κ3) is 3.97. The summed E-state index contributed by atoms with van der Waals surface area (Å²) in [6, 6.07) is 13.7. The van der Waals surface area contributed by atoms with Gasteiger partial charge < -0.3 is 5.32 Å². The Bertz CT molecular complexity index is 821. The average Bonchev–Trinajstić information content (AvgIpc) is 2.63. The fourth-order valence-corrected chi connectivity index (χ4v) is 2.67. The minimum Gasteiger partial charge on any atom is -0.348 e. The molecule has 1 fully saturated rings. The van der Waals surface area contributed by atoms with Gasteiger partial charge in [0.15, 0.2) is 0 Å². The number of benzene rings is 2. The van der Waals surface area contributed by atoms with Crippen molar-refractivity contribution in [1.82, 2.24) is 10.7 Å². The Balaban J connectivity index is 1.65. The topological polar surface area (TPSA) is 78.5 Å². The van der Waals surface area contributed by atoms with Gasteiger partial charge in [0.2, 0.25) is 11.8 Å². The highest BCUT2D eigenvalue weighted by atomic mass is 35.5. The molecule has 0 aromatic heterocycles. The van der Waals surface area contributed by atoms with Crippen molar-refractivity contribution >= 4 is 35.0 Å². The smallest absolute Gasteiger partial charge is 0.251 e. The van der Waals surface area contributed by atoms with Crippen LogP contribution in [0.25, 0.3) is 0 Å². The van der Waals surface area contributed by atoms with Crippen molar-refractivity contribution in [3.8, 4) is 0 Å². The molecule has 1 saturated heterocycles. The first-order valence-corrected chi connectivity index (χ1v) is 8.16. The van der Waals surface area contributed by atoms with E-state index in [2.05, 4.69) is 10.7 Å². The number of hydrogen-bond acceptors (Lipinski definition) is 3. The standard InChI is InChI=1S/C18H16ClN3O3/c19-15-4-2-1-3-13(15)11-20-18(25)12-5-7-14(8-6-12)22-17(24)10-9-16(23)21-22/h1-8H,9-11H2,(H,20,25)(H,21,23). The van der Waals surface area contributed by atoms with E-state index in [0.29, 0.717) is 22.8 Å². The van der Waals surface area contributed by atoms with E-state index in [1.165, 1.54) is 5.01 Å². The molecule has 0 atom stereocenters. The highest BCUT2D eigenvalue weighted by molar-refractivity contribution is 6.31. The van der Waals surface area contributed by atoms with Gasteiger partial charge in [-0.25, -0.2) is 5.01 Å². The Kier molecular flexibility index (Phi) is 5.00. The van der Waals surface area contributed by atoms with Crippen molar-refractivity contribution in [3.63, 3.8) is 0 Å². The van der Waals surface area contributed by atoms with Crippen LogP contribution in [0, 0.1) is 0 Å². The van der Waals surface area contributed by atoms with Crippen LogP contribution in [0.1, 0.15) is 28.8 Å². The van der Waals surface area contributed by atoms with Gasteiger partial charge in [-0.2, -0.15) is 0 Å². The molecule has 0 spiro atoms. The molecule has 6 nitrogen and oxygen atoms in total. The maximum absolute atomic E-state index is 12.2. The number of amides is 3. The summed E-state index contributed by atoms with van der Waals surface area (Å²) in [6.07, 6.45) is 0.365. The fourth-order valence-electron chi connectivity index (χ4n) is 2.46. The van der Waals surface area contributed by atoms with Crippen molar-refractivity contribution in [2.24, 2.45) is 0 Å². The molecule has 1 heterocycles. The predicted octanol–water partition coefficient (Wildman–Crippen LogP) is 2.43. The highest BCUT2D eigenvalue weighted by Gasteiger charge is 2.24. The largest absolute Gasteiger partial charge is 0.348 e. The summed E-state index contributed by atoms with van der Waals surface area (Å²) in [7, 11) is 0. The van der Waals surface area contributed by atoms with Crippen LogP contribution < -0.4 is 15.8 Å². The number of anilines is 1. The Morgan fingerprint density at radius 1 is 1.08 bits per heavy atom. The van der Waals surface area contributed by atoms with Crippen LogP contribution in [-0.2, 0) is 16.1 Å². The lowest BCUT2D eigenvalue weighted by atomic mass is 10.1. The molecule has 128 valence electrons. The van der Waals surface area contributed by atoms with Crippen LogP contribution in [0.3, 0.4) is 0 Å². The molecule has 1 aliphatic heterocycles. The lowest BCUT2D eigenvalue weighted by Gasteiger charge is -2.27. The molecule has 0 bridgehead atoms. The summed E-state index contributed by atoms with van der Waals surface area (Å²) in [5.74, 6) is -0.642. The Hall–Kier alpha value is -2.86. The second-order valence-corrected chi connectivity index (χ2v) is 5.99. The van der Waals surface area contributed by atoms with Crippen molar-refractivity contribution in [1.29, 1.82) is 0 Å². The molecule has 2 N–H and O–H groups in total. The first-order valence-electron chi connectivity index (χ1n) is 7.79. The number of carbonyl (C=O) groups excluding carboxylic acids is 3. The predicted molar refractivity (Wildman–Crippen MR) is 93.9 cm³/mol. The van der Waals surface area contributed by atoms with Crippen LogP contribution in [0.5, 0.6) is 0 Å². The molecule has 2 aromatic carbocycles. The number of hydrazine groups is 1. The van der Waals surface area contributed by atoms with Gasteiger partial charge in [-0.05, 0) is 35.9 Å². The van der Waals surface area contributed by atoms with Crippen molar-refractivity contribution in [2.45, 2.75) is 19.4 Å². The van der Waals surface area contributed by atoms with Crippen LogP contribution in [0.4, 0.5) is 5.69 Å². The molecule has 0 aliphatic carbocycles. The molecule has 1 aliphatic rings. The van der Waals surface area contributed by atoms with Gasteiger partial charge in [0, 0.05) is 30.0 Å². The van der Waals surface area contributed by atoms with Crippen molar-refractivity contribution in [2.75, 3.05) is 5.01 Å². The number of nitrogens with one attached hydrogen (secondary N) is 2. The number of halogens is 1. The minimum atomic E-state index is -0.250. The van der Waals surface area contributed by atoms with E-state index in [4.69, 9.17) is 11.6 Å². The summed E-state index contributed by atoms with van der Waals surface area (Å²) < 4.78 is 0. The Morgan fingerprint density at radius 2 is 1.80 bits per heavy atom. The van der Waals surface area contributed by atoms with Gasteiger partial charge in [0.25, 0.3) is 5.91 Å². The summed E-state index contributed by atoms with van der Waals surface area (Å²) >= 11 is 6.06. The zero-order valence-electron chi connectivity index (χ0n) is 13.3. The second-order valence-electron chi connectivity index (χ2n) is 5.59. The molecular formula is C18H16ClN3O3. The van der Waals surface area contributed by atoms with Crippen molar-refractivity contribution < 1.29 is 14.4 Å². The third-order valence-corrected chi connectivity index (χ3v) is 4.21. The number of rotatable bonds is 4. The summed E-state index contributed by atoms with van der Waals surface area (Å²) in [4.78, 5) is 35.5. The van der Waals surface area contributed by atoms with Gasteiger partial charge in [0.1, 0.15) is 0 Å². The van der Waals surface area contributed by atoms with Gasteiger partial charge >= 0.3 is 0 Å². The molecular weight excluding hydrogens is 342 g/mol. The molecule has 3 amide bonds. The lowest BCUT2D eigenvalue weighted by Crippen LogP contribution is -2.50. The van der Waals surface area contributed by atoms with Crippen LogP contribution in [-0.4, -0.2) is 17.7 Å². The van der Waals surface area contributed by atoms with E-state index in [1.54, 1.807) is 30.3 Å². The fraction of sp³-hybridized carbons (Fsp3) is 0.167. The average molecular weight is 358 g/mol. The highest BCUT2D eigenvalue weighted by Crippen LogP contribution is 2.18. The van der Waals surface area contributed by atoms with Crippen molar-refractivity contribution in [3.05, 3.63) is 64.7 Å². The molecule has 0 saturated carbocycles. The molecule has 25 heavy (non-hydrogen) atoms. The monoisotopic (exact) mass is 357 g/mol. The normalized spacial score (nSPS) is 14.2. The maximum Gasteiger partial charge on any atom is 0.251 e. The van der Waals surface area contributed by atoms with E-state index >= 15 is 0 Å². The van der Waals surface area contributed by atoms with E-state index < -0.39 is 0 Å². The van der Waals surface area contributed by atoms with Crippen LogP contribution in [0.2, 0.25) is 5.02 Å².